The summed E-state index contributed by atoms with van der Waals surface area (Å²) in [6, 6.07) is 5.56. The minimum atomic E-state index is -0.0769. The zero-order valence-corrected chi connectivity index (χ0v) is 16.9. The van der Waals surface area contributed by atoms with Crippen LogP contribution in [-0.2, 0) is 16.0 Å². The summed E-state index contributed by atoms with van der Waals surface area (Å²) >= 11 is 12.1. The quantitative estimate of drug-likeness (QED) is 0.449. The molecule has 5 nitrogen and oxygen atoms in total. The van der Waals surface area contributed by atoms with Gasteiger partial charge < -0.3 is 15.0 Å². The number of nitrogens with zero attached hydrogens (tertiary/aromatic N) is 2. The molecule has 0 bridgehead atoms. The molecule has 0 radical (unpaired) electrons. The number of hydrogen-bond donors (Lipinski definition) is 1. The summed E-state index contributed by atoms with van der Waals surface area (Å²) in [6.07, 6.45) is 2.37. The molecule has 0 aliphatic carbocycles. The Labute approximate surface area is 165 Å². The molecule has 26 heavy (non-hydrogen) atoms. The van der Waals surface area contributed by atoms with Gasteiger partial charge in [0.05, 0.1) is 12.5 Å². The number of likely N-dealkylation sites (tertiary alicyclic amines) is 1. The normalized spacial score (nSPS) is 15.8. The molecule has 0 amide bonds. The van der Waals surface area contributed by atoms with Crippen LogP contribution in [-0.4, -0.2) is 49.6 Å². The van der Waals surface area contributed by atoms with Crippen LogP contribution in [0.4, 0.5) is 0 Å². The first kappa shape index (κ1) is 20.8. The Morgan fingerprint density at radius 2 is 1.88 bits per heavy atom. The summed E-state index contributed by atoms with van der Waals surface area (Å²) in [5.41, 5.74) is 1.07. The fraction of sp³-hybridized carbons (Fsp3) is 0.579. The third kappa shape index (κ3) is 6.36. The second-order valence-electron chi connectivity index (χ2n) is 6.28. The molecular weight excluding hydrogens is 373 g/mol. The van der Waals surface area contributed by atoms with E-state index in [2.05, 4.69) is 17.1 Å². The fourth-order valence-corrected chi connectivity index (χ4v) is 3.63. The minimum absolute atomic E-state index is 0.00248. The van der Waals surface area contributed by atoms with Gasteiger partial charge in [-0.1, -0.05) is 23.2 Å². The number of halogens is 2. The van der Waals surface area contributed by atoms with Gasteiger partial charge in [-0.2, -0.15) is 0 Å². The molecule has 1 saturated heterocycles. The average Bonchev–Trinajstić information content (AvgIpc) is 2.60. The molecule has 1 aliphatic heterocycles. The van der Waals surface area contributed by atoms with Gasteiger partial charge in [-0.05, 0) is 56.9 Å². The summed E-state index contributed by atoms with van der Waals surface area (Å²) in [7, 11) is 0. The molecular formula is C19H27Cl2N3O2. The summed E-state index contributed by atoms with van der Waals surface area (Å²) < 4.78 is 5.13. The van der Waals surface area contributed by atoms with Gasteiger partial charge in [0.25, 0.3) is 0 Å². The van der Waals surface area contributed by atoms with Crippen LogP contribution in [0.15, 0.2) is 23.2 Å². The number of hydrogen-bond acceptors (Lipinski definition) is 3. The van der Waals surface area contributed by atoms with Crippen molar-refractivity contribution in [2.75, 3.05) is 32.8 Å². The molecule has 0 aromatic heterocycles. The highest BCUT2D eigenvalue weighted by atomic mass is 35.5. The van der Waals surface area contributed by atoms with Gasteiger partial charge >= 0.3 is 5.97 Å². The van der Waals surface area contributed by atoms with E-state index in [-0.39, 0.29) is 11.9 Å². The van der Waals surface area contributed by atoms with Crippen molar-refractivity contribution >= 4 is 35.1 Å². The Kier molecular flexibility index (Phi) is 8.52. The van der Waals surface area contributed by atoms with E-state index in [0.717, 1.165) is 50.4 Å². The van der Waals surface area contributed by atoms with Crippen molar-refractivity contribution in [3.8, 4) is 0 Å². The summed E-state index contributed by atoms with van der Waals surface area (Å²) in [6.45, 7) is 7.40. The zero-order chi connectivity index (χ0) is 18.9. The minimum Gasteiger partial charge on any atom is -0.466 e. The van der Waals surface area contributed by atoms with Gasteiger partial charge in [0.1, 0.15) is 0 Å². The lowest BCUT2D eigenvalue weighted by atomic mass is 9.97. The maximum atomic E-state index is 11.9. The van der Waals surface area contributed by atoms with Crippen molar-refractivity contribution in [3.63, 3.8) is 0 Å². The fourth-order valence-electron chi connectivity index (χ4n) is 3.06. The van der Waals surface area contributed by atoms with Crippen LogP contribution in [0, 0.1) is 5.92 Å². The van der Waals surface area contributed by atoms with E-state index >= 15 is 0 Å². The topological polar surface area (TPSA) is 53.9 Å². The molecule has 0 unspecified atom stereocenters. The van der Waals surface area contributed by atoms with E-state index < -0.39 is 0 Å². The lowest BCUT2D eigenvalue weighted by molar-refractivity contribution is -0.149. The molecule has 0 atom stereocenters. The molecule has 1 N–H and O–H groups in total. The monoisotopic (exact) mass is 399 g/mol. The van der Waals surface area contributed by atoms with E-state index in [1.165, 1.54) is 0 Å². The number of carbonyl (C=O) groups is 1. The zero-order valence-electron chi connectivity index (χ0n) is 15.4. The Hall–Kier alpha value is -1.46. The first-order chi connectivity index (χ1) is 12.5. The van der Waals surface area contributed by atoms with Crippen molar-refractivity contribution in [3.05, 3.63) is 33.8 Å². The van der Waals surface area contributed by atoms with Gasteiger partial charge in [0.15, 0.2) is 5.96 Å². The number of ether oxygens (including phenoxy) is 1. The number of rotatable bonds is 6. The second kappa shape index (κ2) is 10.6. The molecule has 144 valence electrons. The number of esters is 1. The van der Waals surface area contributed by atoms with Crippen molar-refractivity contribution in [2.24, 2.45) is 10.9 Å². The standard InChI is InChI=1S/C19H27Cl2N3O2/c1-3-22-19(23-8-5-14-11-16(20)13-17(21)12-14)24-9-6-15(7-10-24)18(25)26-4-2/h11-13,15H,3-10H2,1-2H3,(H,22,23). The third-order valence-corrected chi connectivity index (χ3v) is 4.77. The SMILES string of the molecule is CCNC(=NCCc1cc(Cl)cc(Cl)c1)N1CCC(C(=O)OCC)CC1. The maximum absolute atomic E-state index is 11.9. The van der Waals surface area contributed by atoms with Crippen LogP contribution in [0.3, 0.4) is 0 Å². The van der Waals surface area contributed by atoms with Crippen molar-refractivity contribution in [1.29, 1.82) is 0 Å². The highest BCUT2D eigenvalue weighted by Gasteiger charge is 2.27. The van der Waals surface area contributed by atoms with E-state index in [9.17, 15) is 4.79 Å². The molecule has 2 rings (SSSR count). The number of carbonyl (C=O) groups excluding carboxylic acids is 1. The van der Waals surface area contributed by atoms with Gasteiger partial charge in [-0.15, -0.1) is 0 Å². The first-order valence-electron chi connectivity index (χ1n) is 9.18. The predicted molar refractivity (Wildman–Crippen MR) is 107 cm³/mol. The Balaban J connectivity index is 1.91. The number of piperidine rings is 1. The Morgan fingerprint density at radius 1 is 1.23 bits per heavy atom. The number of aliphatic imine (C=N–C) groups is 1. The van der Waals surface area contributed by atoms with E-state index in [1.807, 2.05) is 19.1 Å². The maximum Gasteiger partial charge on any atom is 0.309 e. The molecule has 1 aromatic rings. The first-order valence-corrected chi connectivity index (χ1v) is 9.94. The number of benzene rings is 1. The molecule has 1 fully saturated rings. The molecule has 7 heteroatoms. The van der Waals surface area contributed by atoms with Crippen LogP contribution < -0.4 is 5.32 Å². The molecule has 0 spiro atoms. The second-order valence-corrected chi connectivity index (χ2v) is 7.15. The smallest absolute Gasteiger partial charge is 0.309 e. The van der Waals surface area contributed by atoms with Gasteiger partial charge in [-0.25, -0.2) is 0 Å². The summed E-state index contributed by atoms with van der Waals surface area (Å²) in [5, 5.41) is 4.62. The van der Waals surface area contributed by atoms with Gasteiger partial charge in [0, 0.05) is 36.2 Å². The van der Waals surface area contributed by atoms with Crippen molar-refractivity contribution < 1.29 is 9.53 Å². The lowest BCUT2D eigenvalue weighted by Gasteiger charge is -2.33. The van der Waals surface area contributed by atoms with Crippen LogP contribution in [0.2, 0.25) is 10.0 Å². The van der Waals surface area contributed by atoms with Gasteiger partial charge in [-0.3, -0.25) is 9.79 Å². The Bertz CT molecular complexity index is 609. The predicted octanol–water partition coefficient (Wildman–Crippen LogP) is 3.78. The lowest BCUT2D eigenvalue weighted by Crippen LogP contribution is -2.46. The van der Waals surface area contributed by atoms with Gasteiger partial charge in [0.2, 0.25) is 0 Å². The van der Waals surface area contributed by atoms with Crippen LogP contribution in [0.5, 0.6) is 0 Å². The molecule has 0 saturated carbocycles. The average molecular weight is 400 g/mol. The number of guanidine groups is 1. The number of nitrogens with one attached hydrogen (secondary N) is 1. The molecule has 1 heterocycles. The van der Waals surface area contributed by atoms with E-state index in [0.29, 0.717) is 23.2 Å². The van der Waals surface area contributed by atoms with Crippen LogP contribution in [0.25, 0.3) is 0 Å². The van der Waals surface area contributed by atoms with Crippen LogP contribution >= 0.6 is 23.2 Å². The van der Waals surface area contributed by atoms with E-state index in [1.54, 1.807) is 6.07 Å². The summed E-state index contributed by atoms with van der Waals surface area (Å²) in [4.78, 5) is 18.8. The van der Waals surface area contributed by atoms with Crippen molar-refractivity contribution in [2.45, 2.75) is 33.1 Å². The highest BCUT2D eigenvalue weighted by Crippen LogP contribution is 2.20. The van der Waals surface area contributed by atoms with Crippen LogP contribution in [0.1, 0.15) is 32.3 Å². The molecule has 1 aromatic carbocycles. The third-order valence-electron chi connectivity index (χ3n) is 4.33. The summed E-state index contributed by atoms with van der Waals surface area (Å²) in [5.74, 6) is 0.817. The largest absolute Gasteiger partial charge is 0.466 e. The Morgan fingerprint density at radius 3 is 2.46 bits per heavy atom. The highest BCUT2D eigenvalue weighted by molar-refractivity contribution is 6.34. The van der Waals surface area contributed by atoms with Crippen molar-refractivity contribution in [1.82, 2.24) is 10.2 Å². The van der Waals surface area contributed by atoms with E-state index in [4.69, 9.17) is 32.9 Å². The molecule has 1 aliphatic rings.